The number of hydrogen-bond acceptors (Lipinski definition) is 4. The van der Waals surface area contributed by atoms with E-state index in [1.165, 1.54) is 4.57 Å². The molecule has 0 unspecified atom stereocenters. The Morgan fingerprint density at radius 2 is 2.09 bits per heavy atom. The number of nitrogens with zero attached hydrogens (tertiary/aromatic N) is 3. The van der Waals surface area contributed by atoms with Crippen molar-refractivity contribution in [3.8, 4) is 5.69 Å². The van der Waals surface area contributed by atoms with Crippen molar-refractivity contribution in [3.05, 3.63) is 33.5 Å². The molecule has 22 heavy (non-hydrogen) atoms. The van der Waals surface area contributed by atoms with Gasteiger partial charge in [-0.05, 0) is 34.1 Å². The van der Waals surface area contributed by atoms with Crippen molar-refractivity contribution in [1.82, 2.24) is 14.8 Å². The van der Waals surface area contributed by atoms with E-state index in [1.807, 2.05) is 0 Å². The summed E-state index contributed by atoms with van der Waals surface area (Å²) in [6, 6.07) is 2.81. The number of benzene rings is 1. The first kappa shape index (κ1) is 17.1. The molecule has 0 saturated heterocycles. The van der Waals surface area contributed by atoms with Gasteiger partial charge in [-0.1, -0.05) is 23.4 Å². The molecule has 2 aromatic rings. The van der Waals surface area contributed by atoms with Crippen molar-refractivity contribution < 1.29 is 23.1 Å². The average molecular weight is 417 g/mol. The molecule has 2 rings (SSSR count). The van der Waals surface area contributed by atoms with Crippen LogP contribution in [0.25, 0.3) is 5.69 Å². The third-order valence-electron chi connectivity index (χ3n) is 2.43. The summed E-state index contributed by atoms with van der Waals surface area (Å²) in [6.07, 6.45) is -4.53. The van der Waals surface area contributed by atoms with Crippen LogP contribution in [0.3, 0.4) is 0 Å². The molecular weight excluding hydrogens is 411 g/mol. The summed E-state index contributed by atoms with van der Waals surface area (Å²) in [7, 11) is 0. The molecule has 118 valence electrons. The van der Waals surface area contributed by atoms with E-state index >= 15 is 0 Å². The first-order chi connectivity index (χ1) is 10.2. The van der Waals surface area contributed by atoms with E-state index in [0.29, 0.717) is 0 Å². The third-order valence-corrected chi connectivity index (χ3v) is 4.18. The summed E-state index contributed by atoms with van der Waals surface area (Å²) in [5.74, 6) is -1.41. The minimum absolute atomic E-state index is 0.00116. The van der Waals surface area contributed by atoms with Gasteiger partial charge >= 0.3 is 12.1 Å². The molecule has 5 nitrogen and oxygen atoms in total. The largest absolute Gasteiger partial charge is 0.481 e. The van der Waals surface area contributed by atoms with Crippen LogP contribution >= 0.6 is 39.3 Å². The number of aromatic nitrogens is 3. The fraction of sp³-hybridized carbons (Fsp3) is 0.182. The fourth-order valence-electron chi connectivity index (χ4n) is 1.53. The van der Waals surface area contributed by atoms with Crippen molar-refractivity contribution in [2.24, 2.45) is 0 Å². The zero-order valence-corrected chi connectivity index (χ0v) is 13.6. The third kappa shape index (κ3) is 3.73. The second kappa shape index (κ2) is 6.47. The lowest BCUT2D eigenvalue weighted by molar-refractivity contribution is -0.137. The highest BCUT2D eigenvalue weighted by Crippen LogP contribution is 2.35. The number of carbonyl (C=O) groups is 1. The molecule has 0 fully saturated rings. The Hall–Kier alpha value is -1.26. The van der Waals surface area contributed by atoms with E-state index in [9.17, 15) is 18.0 Å². The molecule has 11 heteroatoms. The maximum Gasteiger partial charge on any atom is 0.416 e. The Kier molecular flexibility index (Phi) is 5.03. The Bertz CT molecular complexity index is 723. The van der Waals surface area contributed by atoms with E-state index < -0.39 is 17.7 Å². The van der Waals surface area contributed by atoms with Gasteiger partial charge < -0.3 is 5.11 Å². The van der Waals surface area contributed by atoms with Crippen LogP contribution in [-0.2, 0) is 11.0 Å². The lowest BCUT2D eigenvalue weighted by atomic mass is 10.2. The first-order valence-electron chi connectivity index (χ1n) is 5.53. The topological polar surface area (TPSA) is 68.0 Å². The number of aliphatic carboxylic acids is 1. The van der Waals surface area contributed by atoms with Crippen molar-refractivity contribution in [1.29, 1.82) is 0 Å². The predicted octanol–water partition coefficient (Wildman–Crippen LogP) is 3.88. The van der Waals surface area contributed by atoms with Crippen molar-refractivity contribution in [2.45, 2.75) is 11.3 Å². The minimum atomic E-state index is -4.53. The molecule has 1 heterocycles. The van der Waals surface area contributed by atoms with Gasteiger partial charge in [0, 0.05) is 0 Å². The zero-order chi connectivity index (χ0) is 16.5. The molecule has 0 aliphatic carbocycles. The molecule has 0 saturated carbocycles. The normalized spacial score (nSPS) is 11.7. The smallest absolute Gasteiger partial charge is 0.416 e. The zero-order valence-electron chi connectivity index (χ0n) is 10.4. The first-order valence-corrected chi connectivity index (χ1v) is 7.68. The molecule has 0 atom stereocenters. The van der Waals surface area contributed by atoms with Crippen molar-refractivity contribution in [3.63, 3.8) is 0 Å². The number of carboxylic acids is 1. The van der Waals surface area contributed by atoms with Gasteiger partial charge in [0.15, 0.2) is 5.16 Å². The molecule has 0 amide bonds. The minimum Gasteiger partial charge on any atom is -0.481 e. The number of carboxylic acid groups (broad SMARTS) is 1. The molecular formula is C11H6BrClF3N3O2S. The standard InChI is InChI=1S/C11H6BrClF3N3O2S/c12-9-17-18-10(22-4-8(20)21)19(9)7-3-5(11(14,15)16)1-2-6(7)13/h1-3H,4H2,(H,20,21). The molecule has 0 radical (unpaired) electrons. The van der Waals surface area contributed by atoms with Crippen molar-refractivity contribution >= 4 is 45.3 Å². The van der Waals surface area contributed by atoms with E-state index in [0.717, 1.165) is 30.0 Å². The van der Waals surface area contributed by atoms with Gasteiger partial charge in [-0.3, -0.25) is 9.36 Å². The van der Waals surface area contributed by atoms with Crippen LogP contribution in [0.5, 0.6) is 0 Å². The van der Waals surface area contributed by atoms with Crippen molar-refractivity contribution in [2.75, 3.05) is 5.75 Å². The van der Waals surface area contributed by atoms with Gasteiger partial charge in [-0.25, -0.2) is 0 Å². The number of hydrogen-bond donors (Lipinski definition) is 1. The second-order valence-corrected chi connectivity index (χ2v) is 5.99. The molecule has 1 aromatic heterocycles. The van der Waals surface area contributed by atoms with Crippen LogP contribution in [0.1, 0.15) is 5.56 Å². The Labute approximate surface area is 139 Å². The molecule has 0 spiro atoms. The fourth-order valence-corrected chi connectivity index (χ4v) is 2.96. The van der Waals surface area contributed by atoms with Gasteiger partial charge in [0.1, 0.15) is 0 Å². The number of thioether (sulfide) groups is 1. The Balaban J connectivity index is 2.52. The van der Waals surface area contributed by atoms with Crippen LogP contribution < -0.4 is 0 Å². The second-order valence-electron chi connectivity index (χ2n) is 3.93. The van der Waals surface area contributed by atoms with Crippen LogP contribution in [-0.4, -0.2) is 31.6 Å². The SMILES string of the molecule is O=C(O)CSc1nnc(Br)n1-c1cc(C(F)(F)F)ccc1Cl. The summed E-state index contributed by atoms with van der Waals surface area (Å²) < 4.78 is 39.8. The molecule has 1 N–H and O–H groups in total. The van der Waals surface area contributed by atoms with E-state index in [-0.39, 0.29) is 26.4 Å². The molecule has 0 aliphatic rings. The maximum atomic E-state index is 12.8. The molecule has 1 aromatic carbocycles. The van der Waals surface area contributed by atoms with Gasteiger partial charge in [-0.15, -0.1) is 10.2 Å². The monoisotopic (exact) mass is 415 g/mol. The summed E-state index contributed by atoms with van der Waals surface area (Å²) in [5.41, 5.74) is -0.886. The number of alkyl halides is 3. The van der Waals surface area contributed by atoms with Gasteiger partial charge in [0.25, 0.3) is 0 Å². The predicted molar refractivity (Wildman–Crippen MR) is 77.4 cm³/mol. The quantitative estimate of drug-likeness (QED) is 0.766. The Morgan fingerprint density at radius 3 is 2.68 bits per heavy atom. The summed E-state index contributed by atoms with van der Waals surface area (Å²) in [6.45, 7) is 0. The summed E-state index contributed by atoms with van der Waals surface area (Å²) >= 11 is 9.83. The highest BCUT2D eigenvalue weighted by Gasteiger charge is 2.31. The van der Waals surface area contributed by atoms with Gasteiger partial charge in [-0.2, -0.15) is 13.2 Å². The van der Waals surface area contributed by atoms with Gasteiger partial charge in [0.2, 0.25) is 4.73 Å². The summed E-state index contributed by atoms with van der Waals surface area (Å²) in [4.78, 5) is 10.6. The lowest BCUT2D eigenvalue weighted by Crippen LogP contribution is -2.08. The highest BCUT2D eigenvalue weighted by molar-refractivity contribution is 9.10. The average Bonchev–Trinajstić information content (AvgIpc) is 2.77. The van der Waals surface area contributed by atoms with Crippen LogP contribution in [0.15, 0.2) is 28.1 Å². The van der Waals surface area contributed by atoms with Crippen LogP contribution in [0, 0.1) is 0 Å². The van der Waals surface area contributed by atoms with E-state index in [4.69, 9.17) is 16.7 Å². The molecule has 0 bridgehead atoms. The molecule has 0 aliphatic heterocycles. The number of halogens is 5. The number of rotatable bonds is 4. The summed E-state index contributed by atoms with van der Waals surface area (Å²) in [5, 5.41) is 16.2. The lowest BCUT2D eigenvalue weighted by Gasteiger charge is -2.13. The van der Waals surface area contributed by atoms with Crippen LogP contribution in [0.4, 0.5) is 13.2 Å². The Morgan fingerprint density at radius 1 is 1.41 bits per heavy atom. The van der Waals surface area contributed by atoms with E-state index in [1.54, 1.807) is 0 Å². The van der Waals surface area contributed by atoms with E-state index in [2.05, 4.69) is 26.1 Å². The van der Waals surface area contributed by atoms with Gasteiger partial charge in [0.05, 0.1) is 22.0 Å². The maximum absolute atomic E-state index is 12.8. The van der Waals surface area contributed by atoms with Crippen LogP contribution in [0.2, 0.25) is 5.02 Å². The highest BCUT2D eigenvalue weighted by atomic mass is 79.9.